The Bertz CT molecular complexity index is 1180. The number of fused-ring (bicyclic) bond motifs is 1. The van der Waals surface area contributed by atoms with Crippen LogP contribution in [0.5, 0.6) is 0 Å². The van der Waals surface area contributed by atoms with Gasteiger partial charge in [-0.15, -0.1) is 23.1 Å². The van der Waals surface area contributed by atoms with Crippen LogP contribution in [-0.2, 0) is 15.0 Å². The van der Waals surface area contributed by atoms with E-state index in [1.54, 1.807) is 32.7 Å². The van der Waals surface area contributed by atoms with Crippen LogP contribution in [0.15, 0.2) is 41.8 Å². The summed E-state index contributed by atoms with van der Waals surface area (Å²) in [5.74, 6) is 0.627. The molecular formula is C25H29ClN4O2S2. The van der Waals surface area contributed by atoms with E-state index in [1.165, 1.54) is 0 Å². The van der Waals surface area contributed by atoms with Gasteiger partial charge in [0.25, 0.3) is 0 Å². The van der Waals surface area contributed by atoms with Gasteiger partial charge in [-0.05, 0) is 36.1 Å². The zero-order valence-corrected chi connectivity index (χ0v) is 22.2. The van der Waals surface area contributed by atoms with E-state index in [4.69, 9.17) is 16.7 Å². The molecule has 1 atom stereocenters. The van der Waals surface area contributed by atoms with Crippen molar-refractivity contribution in [1.29, 1.82) is 0 Å². The summed E-state index contributed by atoms with van der Waals surface area (Å²) in [5, 5.41) is 10.5. The van der Waals surface area contributed by atoms with Crippen molar-refractivity contribution in [2.75, 3.05) is 23.7 Å². The first-order valence-electron chi connectivity index (χ1n) is 11.3. The van der Waals surface area contributed by atoms with Crippen molar-refractivity contribution in [2.45, 2.75) is 44.8 Å². The van der Waals surface area contributed by atoms with Crippen LogP contribution in [-0.4, -0.2) is 40.4 Å². The minimum atomic E-state index is -0.284. The van der Waals surface area contributed by atoms with Crippen molar-refractivity contribution in [3.05, 3.63) is 62.9 Å². The number of nitrogens with one attached hydrogen (secondary N) is 1. The number of rotatable bonds is 6. The number of halogens is 1. The molecule has 4 rings (SSSR count). The van der Waals surface area contributed by atoms with E-state index in [2.05, 4.69) is 37.5 Å². The summed E-state index contributed by atoms with van der Waals surface area (Å²) >= 11 is 9.59. The van der Waals surface area contributed by atoms with Crippen LogP contribution in [0.25, 0.3) is 5.69 Å². The third kappa shape index (κ3) is 5.04. The SMILES string of the molecule is CCCNC(=O)CN1C(=O)CS[C@@H](c2cccs2)c2c(C(C)(C)C)nn(-c3cccc(Cl)c3)c21. The molecule has 180 valence electrons. The molecule has 0 bridgehead atoms. The minimum Gasteiger partial charge on any atom is -0.355 e. The fourth-order valence-electron chi connectivity index (χ4n) is 3.99. The third-order valence-corrected chi connectivity index (χ3v) is 8.09. The van der Waals surface area contributed by atoms with E-state index in [-0.39, 0.29) is 34.8 Å². The lowest BCUT2D eigenvalue weighted by Gasteiger charge is -2.24. The average Bonchev–Trinajstić information content (AvgIpc) is 3.42. The van der Waals surface area contributed by atoms with E-state index < -0.39 is 0 Å². The van der Waals surface area contributed by atoms with Crippen molar-refractivity contribution in [3.8, 4) is 5.69 Å². The minimum absolute atomic E-state index is 0.0562. The monoisotopic (exact) mass is 516 g/mol. The van der Waals surface area contributed by atoms with Crippen LogP contribution in [0.4, 0.5) is 5.82 Å². The highest BCUT2D eigenvalue weighted by Gasteiger charge is 2.40. The molecule has 6 nitrogen and oxygen atoms in total. The van der Waals surface area contributed by atoms with Crippen LogP contribution >= 0.6 is 34.7 Å². The Morgan fingerprint density at radius 1 is 1.26 bits per heavy atom. The lowest BCUT2D eigenvalue weighted by atomic mass is 9.88. The Kier molecular flexibility index (Phi) is 7.40. The van der Waals surface area contributed by atoms with Gasteiger partial charge in [0.05, 0.1) is 22.4 Å². The molecule has 0 unspecified atom stereocenters. The first-order chi connectivity index (χ1) is 16.2. The Balaban J connectivity index is 1.98. The molecule has 0 aliphatic carbocycles. The van der Waals surface area contributed by atoms with E-state index in [0.717, 1.165) is 28.2 Å². The smallest absolute Gasteiger partial charge is 0.240 e. The highest BCUT2D eigenvalue weighted by atomic mass is 35.5. The molecule has 1 N–H and O–H groups in total. The second-order valence-corrected chi connectivity index (χ2v) is 11.8. The first-order valence-corrected chi connectivity index (χ1v) is 13.6. The molecule has 2 amide bonds. The molecule has 9 heteroatoms. The van der Waals surface area contributed by atoms with Gasteiger partial charge in [-0.2, -0.15) is 5.10 Å². The van der Waals surface area contributed by atoms with E-state index >= 15 is 0 Å². The summed E-state index contributed by atoms with van der Waals surface area (Å²) in [5.41, 5.74) is 2.35. The molecule has 0 spiro atoms. The predicted octanol–water partition coefficient (Wildman–Crippen LogP) is 5.58. The van der Waals surface area contributed by atoms with Crippen molar-refractivity contribution in [2.24, 2.45) is 0 Å². The van der Waals surface area contributed by atoms with Crippen LogP contribution < -0.4 is 10.2 Å². The van der Waals surface area contributed by atoms with Crippen molar-refractivity contribution < 1.29 is 9.59 Å². The van der Waals surface area contributed by atoms with Crippen LogP contribution in [0.1, 0.15) is 55.5 Å². The van der Waals surface area contributed by atoms with Gasteiger partial charge in [0, 0.05) is 27.4 Å². The summed E-state index contributed by atoms with van der Waals surface area (Å²) < 4.78 is 1.79. The lowest BCUT2D eigenvalue weighted by Crippen LogP contribution is -2.42. The fourth-order valence-corrected chi connectivity index (χ4v) is 6.35. The highest BCUT2D eigenvalue weighted by Crippen LogP contribution is 2.49. The summed E-state index contributed by atoms with van der Waals surface area (Å²) in [7, 11) is 0. The Morgan fingerprint density at radius 3 is 2.71 bits per heavy atom. The van der Waals surface area contributed by atoms with Gasteiger partial charge < -0.3 is 5.32 Å². The summed E-state index contributed by atoms with van der Waals surface area (Å²) in [4.78, 5) is 29.0. The number of aromatic nitrogens is 2. The van der Waals surface area contributed by atoms with E-state index in [0.29, 0.717) is 17.4 Å². The normalized spacial score (nSPS) is 16.3. The molecule has 3 heterocycles. The number of carbonyl (C=O) groups is 2. The fraction of sp³-hybridized carbons (Fsp3) is 0.400. The number of amides is 2. The summed E-state index contributed by atoms with van der Waals surface area (Å²) in [6.45, 7) is 8.89. The van der Waals surface area contributed by atoms with E-state index in [9.17, 15) is 9.59 Å². The molecule has 0 fully saturated rings. The molecule has 1 aliphatic rings. The summed E-state index contributed by atoms with van der Waals surface area (Å²) in [6, 6.07) is 11.6. The summed E-state index contributed by atoms with van der Waals surface area (Å²) in [6.07, 6.45) is 0.829. The average molecular weight is 517 g/mol. The molecule has 0 saturated carbocycles. The largest absolute Gasteiger partial charge is 0.355 e. The highest BCUT2D eigenvalue weighted by molar-refractivity contribution is 8.00. The molecule has 34 heavy (non-hydrogen) atoms. The molecule has 0 saturated heterocycles. The first kappa shape index (κ1) is 24.8. The molecule has 0 radical (unpaired) electrons. The van der Waals surface area contributed by atoms with Crippen molar-refractivity contribution >= 4 is 52.3 Å². The van der Waals surface area contributed by atoms with Gasteiger partial charge in [-0.1, -0.05) is 51.4 Å². The number of thioether (sulfide) groups is 1. The maximum absolute atomic E-state index is 13.5. The van der Waals surface area contributed by atoms with Gasteiger partial charge in [0.1, 0.15) is 12.4 Å². The van der Waals surface area contributed by atoms with Gasteiger partial charge in [-0.25, -0.2) is 4.68 Å². The second-order valence-electron chi connectivity index (χ2n) is 9.26. The van der Waals surface area contributed by atoms with Gasteiger partial charge >= 0.3 is 0 Å². The van der Waals surface area contributed by atoms with Crippen molar-refractivity contribution in [3.63, 3.8) is 0 Å². The Morgan fingerprint density at radius 2 is 2.06 bits per heavy atom. The number of thiophene rings is 1. The number of carbonyl (C=O) groups excluding carboxylic acids is 2. The Hall–Kier alpha value is -2.29. The molecule has 3 aromatic rings. The number of hydrogen-bond donors (Lipinski definition) is 1. The maximum atomic E-state index is 13.5. The number of nitrogens with zero attached hydrogens (tertiary/aromatic N) is 3. The number of anilines is 1. The van der Waals surface area contributed by atoms with Crippen LogP contribution in [0.2, 0.25) is 5.02 Å². The quantitative estimate of drug-likeness (QED) is 0.464. The second kappa shape index (κ2) is 10.1. The number of benzene rings is 1. The third-order valence-electron chi connectivity index (χ3n) is 5.53. The standard InChI is InChI=1S/C25H29ClN4O2S2/c1-5-11-27-19(31)14-29-20(32)15-34-22(18-10-7-12-33-18)21-23(25(2,3)4)28-30(24(21)29)17-9-6-8-16(26)13-17/h6-10,12-13,22H,5,11,14-15H2,1-4H3,(H,27,31)/t22-/m0/s1. The van der Waals surface area contributed by atoms with Crippen LogP contribution in [0.3, 0.4) is 0 Å². The predicted molar refractivity (Wildman–Crippen MR) is 142 cm³/mol. The van der Waals surface area contributed by atoms with Gasteiger partial charge in [0.15, 0.2) is 0 Å². The van der Waals surface area contributed by atoms with Gasteiger partial charge in [0.2, 0.25) is 11.8 Å². The van der Waals surface area contributed by atoms with Gasteiger partial charge in [-0.3, -0.25) is 14.5 Å². The molecule has 1 aliphatic heterocycles. The molecular weight excluding hydrogens is 488 g/mol. The number of hydrogen-bond acceptors (Lipinski definition) is 5. The zero-order chi connectivity index (χ0) is 24.5. The lowest BCUT2D eigenvalue weighted by molar-refractivity contribution is -0.122. The van der Waals surface area contributed by atoms with Crippen LogP contribution in [0, 0.1) is 0 Å². The molecule has 1 aromatic carbocycles. The van der Waals surface area contributed by atoms with Crippen molar-refractivity contribution in [1.82, 2.24) is 15.1 Å². The topological polar surface area (TPSA) is 67.2 Å². The zero-order valence-electron chi connectivity index (χ0n) is 19.8. The maximum Gasteiger partial charge on any atom is 0.240 e. The molecule has 2 aromatic heterocycles. The Labute approximate surface area is 213 Å². The van der Waals surface area contributed by atoms with E-state index in [1.807, 2.05) is 37.3 Å².